The molecule has 0 bridgehead atoms. The van der Waals surface area contributed by atoms with Crippen molar-refractivity contribution in [3.63, 3.8) is 0 Å². The molecule has 1 aromatic heterocycles. The van der Waals surface area contributed by atoms with E-state index in [0.29, 0.717) is 16.9 Å². The Labute approximate surface area is 190 Å². The van der Waals surface area contributed by atoms with Gasteiger partial charge >= 0.3 is 0 Å². The molecule has 2 amide bonds. The van der Waals surface area contributed by atoms with E-state index in [1.807, 2.05) is 0 Å². The fourth-order valence-electron chi connectivity index (χ4n) is 3.98. The minimum absolute atomic E-state index is 0.0504. The lowest BCUT2D eigenvalue weighted by Crippen LogP contribution is -2.53. The van der Waals surface area contributed by atoms with Gasteiger partial charge < -0.3 is 16.0 Å². The quantitative estimate of drug-likeness (QED) is 0.580. The van der Waals surface area contributed by atoms with Crippen molar-refractivity contribution >= 4 is 17.5 Å². The van der Waals surface area contributed by atoms with E-state index in [1.54, 1.807) is 53.6 Å². The van der Waals surface area contributed by atoms with Crippen LogP contribution in [0.3, 0.4) is 0 Å². The van der Waals surface area contributed by atoms with Gasteiger partial charge in [0.2, 0.25) is 11.8 Å². The standard InChI is InChI=1S/C25H24F2N4O2/c26-18-9-7-16(8-10-18)15-31-23-6-3-11-29-21(23)14-22(25(31)33)30-24(32)13-19(28)12-17-4-1-2-5-20(17)27/h1-11,19,22H,12-15,28H2,(H,30,32)/t19-,22?/m1/s1. The zero-order valence-electron chi connectivity index (χ0n) is 17.9. The normalized spacial score (nSPS) is 16.3. The van der Waals surface area contributed by atoms with Crippen LogP contribution in [0.2, 0.25) is 0 Å². The number of hydrogen-bond acceptors (Lipinski definition) is 4. The summed E-state index contributed by atoms with van der Waals surface area (Å²) >= 11 is 0. The lowest BCUT2D eigenvalue weighted by Gasteiger charge is -2.34. The minimum atomic E-state index is -0.805. The summed E-state index contributed by atoms with van der Waals surface area (Å²) in [5, 5.41) is 2.76. The van der Waals surface area contributed by atoms with Gasteiger partial charge in [-0.2, -0.15) is 0 Å². The molecule has 4 rings (SSSR count). The van der Waals surface area contributed by atoms with Gasteiger partial charge in [0.1, 0.15) is 17.7 Å². The number of rotatable bonds is 7. The van der Waals surface area contributed by atoms with Crippen LogP contribution < -0.4 is 16.0 Å². The van der Waals surface area contributed by atoms with Crippen molar-refractivity contribution in [3.8, 4) is 0 Å². The Kier molecular flexibility index (Phi) is 6.74. The topological polar surface area (TPSA) is 88.3 Å². The zero-order valence-corrected chi connectivity index (χ0v) is 17.9. The molecule has 1 aliphatic rings. The smallest absolute Gasteiger partial charge is 0.250 e. The Morgan fingerprint density at radius 2 is 1.88 bits per heavy atom. The predicted octanol–water partition coefficient (Wildman–Crippen LogP) is 2.89. The SMILES string of the molecule is N[C@@H](CC(=O)NC1Cc2ncccc2N(Cc2ccc(F)cc2)C1=O)Cc1ccccc1F. The molecule has 2 atom stereocenters. The van der Waals surface area contributed by atoms with Gasteiger partial charge in [-0.05, 0) is 47.9 Å². The summed E-state index contributed by atoms with van der Waals surface area (Å²) in [4.78, 5) is 31.8. The predicted molar refractivity (Wildman–Crippen MR) is 120 cm³/mol. The molecule has 6 nitrogen and oxygen atoms in total. The number of carbonyl (C=O) groups excluding carboxylic acids is 2. The van der Waals surface area contributed by atoms with Gasteiger partial charge in [0.25, 0.3) is 0 Å². The summed E-state index contributed by atoms with van der Waals surface area (Å²) in [7, 11) is 0. The number of amides is 2. The molecule has 0 radical (unpaired) electrons. The fraction of sp³-hybridized carbons (Fsp3) is 0.240. The number of aromatic nitrogens is 1. The summed E-state index contributed by atoms with van der Waals surface area (Å²) < 4.78 is 27.1. The first-order valence-corrected chi connectivity index (χ1v) is 10.7. The highest BCUT2D eigenvalue weighted by atomic mass is 19.1. The van der Waals surface area contributed by atoms with E-state index in [-0.39, 0.29) is 43.3 Å². The van der Waals surface area contributed by atoms with Crippen LogP contribution in [0.5, 0.6) is 0 Å². The first kappa shape index (κ1) is 22.5. The lowest BCUT2D eigenvalue weighted by atomic mass is 9.99. The van der Waals surface area contributed by atoms with Crippen molar-refractivity contribution < 1.29 is 18.4 Å². The molecule has 0 fully saturated rings. The molecule has 2 aromatic carbocycles. The van der Waals surface area contributed by atoms with Crippen molar-refractivity contribution in [1.82, 2.24) is 10.3 Å². The number of pyridine rings is 1. The van der Waals surface area contributed by atoms with Crippen molar-refractivity contribution in [2.75, 3.05) is 4.90 Å². The molecule has 0 spiro atoms. The van der Waals surface area contributed by atoms with Crippen LogP contribution in [-0.4, -0.2) is 28.9 Å². The van der Waals surface area contributed by atoms with Gasteiger partial charge in [0.15, 0.2) is 0 Å². The van der Waals surface area contributed by atoms with Crippen LogP contribution in [0.4, 0.5) is 14.5 Å². The number of hydrogen-bond donors (Lipinski definition) is 2. The number of carbonyl (C=O) groups is 2. The maximum absolute atomic E-state index is 13.9. The maximum atomic E-state index is 13.9. The van der Waals surface area contributed by atoms with Crippen LogP contribution in [0.1, 0.15) is 23.2 Å². The number of nitrogens with one attached hydrogen (secondary N) is 1. The van der Waals surface area contributed by atoms with E-state index in [1.165, 1.54) is 18.2 Å². The zero-order chi connectivity index (χ0) is 23.4. The van der Waals surface area contributed by atoms with E-state index in [2.05, 4.69) is 10.3 Å². The summed E-state index contributed by atoms with van der Waals surface area (Å²) in [6.07, 6.45) is 2.04. The van der Waals surface area contributed by atoms with Crippen LogP contribution in [0.15, 0.2) is 66.9 Å². The third-order valence-electron chi connectivity index (χ3n) is 5.60. The second kappa shape index (κ2) is 9.87. The lowest BCUT2D eigenvalue weighted by molar-refractivity contribution is -0.128. The molecule has 33 heavy (non-hydrogen) atoms. The molecule has 0 saturated heterocycles. The van der Waals surface area contributed by atoms with Crippen molar-refractivity contribution in [2.45, 2.75) is 37.9 Å². The molecular weight excluding hydrogens is 426 g/mol. The molecule has 2 heterocycles. The van der Waals surface area contributed by atoms with Crippen molar-refractivity contribution in [1.29, 1.82) is 0 Å². The summed E-state index contributed by atoms with van der Waals surface area (Å²) in [5.41, 5.74) is 8.60. The number of benzene rings is 2. The van der Waals surface area contributed by atoms with Gasteiger partial charge in [-0.1, -0.05) is 30.3 Å². The molecule has 1 aliphatic heterocycles. The summed E-state index contributed by atoms with van der Waals surface area (Å²) in [6, 6.07) is 14.3. The highest BCUT2D eigenvalue weighted by Gasteiger charge is 2.34. The second-order valence-electron chi connectivity index (χ2n) is 8.10. The van der Waals surface area contributed by atoms with E-state index in [9.17, 15) is 18.4 Å². The molecule has 1 unspecified atom stereocenters. The highest BCUT2D eigenvalue weighted by molar-refractivity contribution is 6.01. The number of nitrogens with two attached hydrogens (primary N) is 1. The average molecular weight is 450 g/mol. The van der Waals surface area contributed by atoms with Crippen LogP contribution in [-0.2, 0) is 29.0 Å². The van der Waals surface area contributed by atoms with E-state index in [4.69, 9.17) is 5.73 Å². The van der Waals surface area contributed by atoms with Gasteiger partial charge in [-0.15, -0.1) is 0 Å². The van der Waals surface area contributed by atoms with Gasteiger partial charge in [-0.3, -0.25) is 14.6 Å². The minimum Gasteiger partial charge on any atom is -0.344 e. The molecule has 3 aromatic rings. The highest BCUT2D eigenvalue weighted by Crippen LogP contribution is 2.28. The Morgan fingerprint density at radius 1 is 1.12 bits per heavy atom. The Morgan fingerprint density at radius 3 is 2.64 bits per heavy atom. The van der Waals surface area contributed by atoms with Crippen LogP contribution in [0, 0.1) is 11.6 Å². The molecule has 170 valence electrons. The molecular formula is C25H24F2N4O2. The van der Waals surface area contributed by atoms with Gasteiger partial charge in [0.05, 0.1) is 17.9 Å². The number of halogens is 2. The summed E-state index contributed by atoms with van der Waals surface area (Å²) in [5.74, 6) is -1.40. The third-order valence-corrected chi connectivity index (χ3v) is 5.60. The number of fused-ring (bicyclic) bond motifs is 1. The fourth-order valence-corrected chi connectivity index (χ4v) is 3.98. The first-order chi connectivity index (χ1) is 15.9. The second-order valence-corrected chi connectivity index (χ2v) is 8.10. The Balaban J connectivity index is 1.45. The van der Waals surface area contributed by atoms with Gasteiger partial charge in [0, 0.05) is 25.1 Å². The van der Waals surface area contributed by atoms with E-state index >= 15 is 0 Å². The average Bonchev–Trinajstić information content (AvgIpc) is 2.79. The molecule has 0 saturated carbocycles. The molecule has 3 N–H and O–H groups in total. The van der Waals surface area contributed by atoms with Crippen LogP contribution in [0.25, 0.3) is 0 Å². The molecule has 8 heteroatoms. The largest absolute Gasteiger partial charge is 0.344 e. The molecule has 0 aliphatic carbocycles. The number of anilines is 1. The first-order valence-electron chi connectivity index (χ1n) is 10.7. The number of nitrogens with zero attached hydrogens (tertiary/aromatic N) is 2. The summed E-state index contributed by atoms with van der Waals surface area (Å²) in [6.45, 7) is 0.219. The third kappa shape index (κ3) is 5.40. The Hall–Kier alpha value is -3.65. The maximum Gasteiger partial charge on any atom is 0.250 e. The van der Waals surface area contributed by atoms with Gasteiger partial charge in [-0.25, -0.2) is 8.78 Å². The Bertz CT molecular complexity index is 1150. The van der Waals surface area contributed by atoms with E-state index < -0.39 is 18.0 Å². The van der Waals surface area contributed by atoms with Crippen molar-refractivity contribution in [3.05, 3.63) is 95.3 Å². The van der Waals surface area contributed by atoms with Crippen molar-refractivity contribution in [2.24, 2.45) is 5.73 Å². The van der Waals surface area contributed by atoms with E-state index in [0.717, 1.165) is 5.56 Å². The monoisotopic (exact) mass is 450 g/mol. The van der Waals surface area contributed by atoms with Crippen LogP contribution >= 0.6 is 0 Å².